The molecule has 0 saturated carbocycles. The number of aryl methyl sites for hydroxylation is 1. The van der Waals surface area contributed by atoms with Gasteiger partial charge in [0.15, 0.2) is 5.82 Å². The van der Waals surface area contributed by atoms with Crippen molar-refractivity contribution < 1.29 is 9.53 Å². The van der Waals surface area contributed by atoms with Crippen LogP contribution < -0.4 is 5.32 Å². The Kier molecular flexibility index (Phi) is 5.89. The van der Waals surface area contributed by atoms with E-state index in [2.05, 4.69) is 35.8 Å². The number of morpholine rings is 1. The first-order valence-corrected chi connectivity index (χ1v) is 8.73. The quantitative estimate of drug-likeness (QED) is 0.676. The minimum atomic E-state index is -0.228. The predicted octanol–water partition coefficient (Wildman–Crippen LogP) is -0.853. The van der Waals surface area contributed by atoms with Crippen molar-refractivity contribution in [3.05, 3.63) is 18.0 Å². The second kappa shape index (κ2) is 8.32. The van der Waals surface area contributed by atoms with Crippen LogP contribution >= 0.6 is 0 Å². The summed E-state index contributed by atoms with van der Waals surface area (Å²) in [6.07, 6.45) is 1.48. The largest absolute Gasteiger partial charge is 0.379 e. The second-order valence-corrected chi connectivity index (χ2v) is 6.67. The molecule has 0 radical (unpaired) electrons. The standard InChI is InChI=1S/C15H25N9O2/c1-11(2)14(15-16-10-17-22(15)3)18-13(25)9-24-12(19-20-21-24)8-23-4-6-26-7-5-23/h10-11,14H,4-9H2,1-3H3,(H,18,25)/t14-/m1/s1. The van der Waals surface area contributed by atoms with Crippen molar-refractivity contribution in [2.75, 3.05) is 26.3 Å². The molecule has 0 aliphatic carbocycles. The van der Waals surface area contributed by atoms with Gasteiger partial charge in [0.05, 0.1) is 25.8 Å². The zero-order valence-corrected chi connectivity index (χ0v) is 15.4. The van der Waals surface area contributed by atoms with Crippen LogP contribution in [0.4, 0.5) is 0 Å². The number of nitrogens with zero attached hydrogens (tertiary/aromatic N) is 8. The van der Waals surface area contributed by atoms with E-state index in [-0.39, 0.29) is 24.4 Å². The van der Waals surface area contributed by atoms with Gasteiger partial charge in [-0.05, 0) is 16.3 Å². The van der Waals surface area contributed by atoms with Crippen LogP contribution in [0.2, 0.25) is 0 Å². The predicted molar refractivity (Wildman–Crippen MR) is 90.6 cm³/mol. The monoisotopic (exact) mass is 363 g/mol. The molecule has 0 unspecified atom stereocenters. The van der Waals surface area contributed by atoms with E-state index in [1.54, 1.807) is 9.36 Å². The first-order chi connectivity index (χ1) is 12.5. The van der Waals surface area contributed by atoms with Crippen molar-refractivity contribution in [2.24, 2.45) is 13.0 Å². The zero-order valence-electron chi connectivity index (χ0n) is 15.4. The fourth-order valence-electron chi connectivity index (χ4n) is 2.89. The molecule has 1 amide bonds. The van der Waals surface area contributed by atoms with Gasteiger partial charge < -0.3 is 10.1 Å². The molecular formula is C15H25N9O2. The molecule has 142 valence electrons. The van der Waals surface area contributed by atoms with Crippen LogP contribution in [0.15, 0.2) is 6.33 Å². The van der Waals surface area contributed by atoms with Crippen LogP contribution in [0.5, 0.6) is 0 Å². The Morgan fingerprint density at radius 3 is 2.77 bits per heavy atom. The number of amides is 1. The SMILES string of the molecule is CC(C)[C@@H](NC(=O)Cn1nnnc1CN1CCOCC1)c1ncnn1C. The molecule has 0 spiro atoms. The van der Waals surface area contributed by atoms with Gasteiger partial charge >= 0.3 is 0 Å². The van der Waals surface area contributed by atoms with Crippen LogP contribution in [-0.2, 0) is 29.7 Å². The van der Waals surface area contributed by atoms with Gasteiger partial charge in [-0.15, -0.1) is 5.10 Å². The first kappa shape index (κ1) is 18.4. The molecule has 1 saturated heterocycles. The topological polar surface area (TPSA) is 116 Å². The number of tetrazole rings is 1. The maximum atomic E-state index is 12.6. The lowest BCUT2D eigenvalue weighted by Gasteiger charge is -2.25. The Morgan fingerprint density at radius 1 is 1.35 bits per heavy atom. The summed E-state index contributed by atoms with van der Waals surface area (Å²) in [5.74, 6) is 1.39. The molecule has 0 aromatic carbocycles. The summed E-state index contributed by atoms with van der Waals surface area (Å²) in [5.41, 5.74) is 0. The van der Waals surface area contributed by atoms with Gasteiger partial charge in [-0.25, -0.2) is 9.67 Å². The van der Waals surface area contributed by atoms with E-state index in [4.69, 9.17) is 4.74 Å². The average Bonchev–Trinajstić information content (AvgIpc) is 3.22. The van der Waals surface area contributed by atoms with Gasteiger partial charge in [0.2, 0.25) is 5.91 Å². The first-order valence-electron chi connectivity index (χ1n) is 8.73. The Morgan fingerprint density at radius 2 is 2.12 bits per heavy atom. The van der Waals surface area contributed by atoms with Crippen LogP contribution in [0, 0.1) is 5.92 Å². The average molecular weight is 363 g/mol. The highest BCUT2D eigenvalue weighted by atomic mass is 16.5. The molecule has 11 heteroatoms. The van der Waals surface area contributed by atoms with Crippen molar-refractivity contribution in [3.63, 3.8) is 0 Å². The highest BCUT2D eigenvalue weighted by Gasteiger charge is 2.24. The second-order valence-electron chi connectivity index (χ2n) is 6.67. The molecule has 3 heterocycles. The number of carbonyl (C=O) groups excluding carboxylic acids is 1. The number of hydrogen-bond donors (Lipinski definition) is 1. The van der Waals surface area contributed by atoms with E-state index in [9.17, 15) is 4.79 Å². The van der Waals surface area contributed by atoms with E-state index in [0.29, 0.717) is 25.6 Å². The van der Waals surface area contributed by atoms with Crippen LogP contribution in [-0.4, -0.2) is 72.1 Å². The fraction of sp³-hybridized carbons (Fsp3) is 0.733. The van der Waals surface area contributed by atoms with Crippen molar-refractivity contribution in [2.45, 2.75) is 33.0 Å². The summed E-state index contributed by atoms with van der Waals surface area (Å²) >= 11 is 0. The smallest absolute Gasteiger partial charge is 0.242 e. The lowest BCUT2D eigenvalue weighted by molar-refractivity contribution is -0.123. The number of carbonyl (C=O) groups is 1. The van der Waals surface area contributed by atoms with Gasteiger partial charge in [-0.2, -0.15) is 5.10 Å². The maximum Gasteiger partial charge on any atom is 0.242 e. The summed E-state index contributed by atoms with van der Waals surface area (Å²) in [7, 11) is 1.81. The van der Waals surface area contributed by atoms with Crippen LogP contribution in [0.3, 0.4) is 0 Å². The van der Waals surface area contributed by atoms with Crippen molar-refractivity contribution in [1.29, 1.82) is 0 Å². The number of nitrogens with one attached hydrogen (secondary N) is 1. The Bertz CT molecular complexity index is 720. The molecule has 1 atom stereocenters. The van der Waals surface area contributed by atoms with Crippen molar-refractivity contribution in [3.8, 4) is 0 Å². The summed E-state index contributed by atoms with van der Waals surface area (Å²) in [6, 6.07) is -0.228. The van der Waals surface area contributed by atoms with Gasteiger partial charge in [-0.1, -0.05) is 13.8 Å². The normalized spacial score (nSPS) is 16.8. The van der Waals surface area contributed by atoms with Gasteiger partial charge in [0.1, 0.15) is 18.7 Å². The van der Waals surface area contributed by atoms with E-state index in [1.165, 1.54) is 6.33 Å². The molecule has 2 aromatic rings. The highest BCUT2D eigenvalue weighted by molar-refractivity contribution is 5.76. The number of aromatic nitrogens is 7. The Balaban J connectivity index is 1.62. The highest BCUT2D eigenvalue weighted by Crippen LogP contribution is 2.18. The lowest BCUT2D eigenvalue weighted by Crippen LogP contribution is -2.38. The zero-order chi connectivity index (χ0) is 18.5. The molecule has 3 rings (SSSR count). The molecule has 11 nitrogen and oxygen atoms in total. The van der Waals surface area contributed by atoms with Gasteiger partial charge in [0.25, 0.3) is 0 Å². The molecule has 2 aromatic heterocycles. The molecule has 1 N–H and O–H groups in total. The summed E-state index contributed by atoms with van der Waals surface area (Å²) in [5, 5.41) is 18.8. The van der Waals surface area contributed by atoms with E-state index in [1.807, 2.05) is 20.9 Å². The number of ether oxygens (including phenoxy) is 1. The molecular weight excluding hydrogens is 338 g/mol. The third kappa shape index (κ3) is 4.41. The number of rotatable bonds is 7. The summed E-state index contributed by atoms with van der Waals surface area (Å²) in [6.45, 7) is 7.79. The van der Waals surface area contributed by atoms with E-state index < -0.39 is 0 Å². The summed E-state index contributed by atoms with van der Waals surface area (Å²) in [4.78, 5) is 19.0. The van der Waals surface area contributed by atoms with E-state index in [0.717, 1.165) is 18.9 Å². The minimum Gasteiger partial charge on any atom is -0.379 e. The minimum absolute atomic E-state index is 0.0632. The summed E-state index contributed by atoms with van der Waals surface area (Å²) < 4.78 is 8.56. The third-order valence-electron chi connectivity index (χ3n) is 4.38. The fourth-order valence-corrected chi connectivity index (χ4v) is 2.89. The Labute approximate surface area is 151 Å². The van der Waals surface area contributed by atoms with Gasteiger partial charge in [-0.3, -0.25) is 14.4 Å². The van der Waals surface area contributed by atoms with E-state index >= 15 is 0 Å². The third-order valence-corrected chi connectivity index (χ3v) is 4.38. The van der Waals surface area contributed by atoms with Crippen LogP contribution in [0.1, 0.15) is 31.5 Å². The molecule has 1 fully saturated rings. The van der Waals surface area contributed by atoms with Crippen molar-refractivity contribution >= 4 is 5.91 Å². The molecule has 1 aliphatic rings. The number of hydrogen-bond acceptors (Lipinski definition) is 8. The molecule has 26 heavy (non-hydrogen) atoms. The van der Waals surface area contributed by atoms with Crippen molar-refractivity contribution in [1.82, 2.24) is 45.2 Å². The maximum absolute atomic E-state index is 12.6. The van der Waals surface area contributed by atoms with Gasteiger partial charge in [0, 0.05) is 20.1 Å². The lowest BCUT2D eigenvalue weighted by atomic mass is 10.0. The van der Waals surface area contributed by atoms with Crippen LogP contribution in [0.25, 0.3) is 0 Å². The molecule has 0 bridgehead atoms. The Hall–Kier alpha value is -2.40. The molecule has 1 aliphatic heterocycles.